The first-order valence-corrected chi connectivity index (χ1v) is 4.69. The molecule has 1 aliphatic rings. The van der Waals surface area contributed by atoms with Crippen molar-refractivity contribution in [2.45, 2.75) is 18.9 Å². The van der Waals surface area contributed by atoms with E-state index < -0.39 is 12.0 Å². The van der Waals surface area contributed by atoms with E-state index in [0.29, 0.717) is 19.4 Å². The molecule has 2 N–H and O–H groups in total. The predicted octanol–water partition coefficient (Wildman–Crippen LogP) is -0.473. The molecule has 14 heavy (non-hydrogen) atoms. The third-order valence-electron chi connectivity index (χ3n) is 2.50. The zero-order valence-electron chi connectivity index (χ0n) is 8.49. The van der Waals surface area contributed by atoms with E-state index in [1.807, 2.05) is 0 Å². The number of carboxylic acids is 1. The highest BCUT2D eigenvalue weighted by molar-refractivity contribution is 5.79. The Bertz CT molecular complexity index is 232. The van der Waals surface area contributed by atoms with Gasteiger partial charge in [-0.2, -0.15) is 0 Å². The number of rotatable bonds is 2. The van der Waals surface area contributed by atoms with Crippen molar-refractivity contribution < 1.29 is 14.7 Å². The second-order valence-electron chi connectivity index (χ2n) is 3.81. The molecule has 0 radical (unpaired) electrons. The summed E-state index contributed by atoms with van der Waals surface area (Å²) in [5.41, 5.74) is 0. The highest BCUT2D eigenvalue weighted by atomic mass is 16.4. The largest absolute Gasteiger partial charge is 0.480 e. The van der Waals surface area contributed by atoms with Crippen molar-refractivity contribution in [3.63, 3.8) is 0 Å². The average Bonchev–Trinajstić information content (AvgIpc) is 2.16. The van der Waals surface area contributed by atoms with Gasteiger partial charge < -0.3 is 15.3 Å². The number of aliphatic carboxylic acids is 1. The number of piperidine rings is 1. The maximum Gasteiger partial charge on any atom is 0.320 e. The van der Waals surface area contributed by atoms with E-state index in [1.54, 1.807) is 19.0 Å². The molecule has 1 rings (SSSR count). The van der Waals surface area contributed by atoms with Gasteiger partial charge in [-0.1, -0.05) is 0 Å². The van der Waals surface area contributed by atoms with Crippen molar-refractivity contribution in [1.29, 1.82) is 0 Å². The van der Waals surface area contributed by atoms with Gasteiger partial charge in [0.25, 0.3) is 0 Å². The monoisotopic (exact) mass is 200 g/mol. The van der Waals surface area contributed by atoms with Gasteiger partial charge in [-0.3, -0.25) is 9.59 Å². The van der Waals surface area contributed by atoms with Crippen LogP contribution in [-0.2, 0) is 9.59 Å². The standard InChI is InChI=1S/C9H16N2O3/c1-11(2)8(12)6-3-4-7(9(13)14)10-5-6/h6-7,10H,3-5H2,1-2H3,(H,13,14). The van der Waals surface area contributed by atoms with Crippen LogP contribution in [0.25, 0.3) is 0 Å². The Labute approximate surface area is 83.1 Å². The molecule has 2 unspecified atom stereocenters. The lowest BCUT2D eigenvalue weighted by molar-refractivity contribution is -0.142. The molecule has 2 atom stereocenters. The number of carbonyl (C=O) groups excluding carboxylic acids is 1. The van der Waals surface area contributed by atoms with Crippen LogP contribution in [-0.4, -0.2) is 48.6 Å². The normalized spacial score (nSPS) is 27.0. The van der Waals surface area contributed by atoms with E-state index in [9.17, 15) is 9.59 Å². The first-order chi connectivity index (χ1) is 6.52. The predicted molar refractivity (Wildman–Crippen MR) is 50.8 cm³/mol. The Balaban J connectivity index is 2.43. The maximum atomic E-state index is 11.5. The van der Waals surface area contributed by atoms with Crippen LogP contribution in [0.1, 0.15) is 12.8 Å². The lowest BCUT2D eigenvalue weighted by atomic mass is 9.94. The summed E-state index contributed by atoms with van der Waals surface area (Å²) >= 11 is 0. The highest BCUT2D eigenvalue weighted by Gasteiger charge is 2.29. The molecule has 5 heteroatoms. The third-order valence-corrected chi connectivity index (χ3v) is 2.50. The zero-order chi connectivity index (χ0) is 10.7. The zero-order valence-corrected chi connectivity index (χ0v) is 8.49. The fraction of sp³-hybridized carbons (Fsp3) is 0.778. The van der Waals surface area contributed by atoms with Gasteiger partial charge in [0.2, 0.25) is 5.91 Å². The summed E-state index contributed by atoms with van der Waals surface area (Å²) < 4.78 is 0. The molecule has 0 saturated carbocycles. The highest BCUT2D eigenvalue weighted by Crippen LogP contribution is 2.16. The summed E-state index contributed by atoms with van der Waals surface area (Å²) in [7, 11) is 3.43. The molecule has 1 amide bonds. The van der Waals surface area contributed by atoms with E-state index >= 15 is 0 Å². The molecule has 1 aliphatic heterocycles. The van der Waals surface area contributed by atoms with E-state index in [0.717, 1.165) is 0 Å². The van der Waals surface area contributed by atoms with Gasteiger partial charge in [-0.15, -0.1) is 0 Å². The average molecular weight is 200 g/mol. The SMILES string of the molecule is CN(C)C(=O)C1CCC(C(=O)O)NC1. The van der Waals surface area contributed by atoms with Gasteiger partial charge in [-0.25, -0.2) is 0 Å². The van der Waals surface area contributed by atoms with Crippen molar-refractivity contribution in [2.75, 3.05) is 20.6 Å². The molecule has 5 nitrogen and oxygen atoms in total. The second kappa shape index (κ2) is 4.41. The van der Waals surface area contributed by atoms with Gasteiger partial charge in [0.1, 0.15) is 6.04 Å². The second-order valence-corrected chi connectivity index (χ2v) is 3.81. The molecule has 0 aliphatic carbocycles. The van der Waals surface area contributed by atoms with Crippen LogP contribution in [0.2, 0.25) is 0 Å². The molecule has 1 heterocycles. The van der Waals surface area contributed by atoms with Crippen molar-refractivity contribution in [3.8, 4) is 0 Å². The number of nitrogens with zero attached hydrogens (tertiary/aromatic N) is 1. The maximum absolute atomic E-state index is 11.5. The summed E-state index contributed by atoms with van der Waals surface area (Å²) in [4.78, 5) is 23.7. The van der Waals surface area contributed by atoms with Crippen molar-refractivity contribution in [1.82, 2.24) is 10.2 Å². The molecule has 0 bridgehead atoms. The molecular weight excluding hydrogens is 184 g/mol. The summed E-state index contributed by atoms with van der Waals surface area (Å²) in [6.07, 6.45) is 1.18. The van der Waals surface area contributed by atoms with Crippen LogP contribution in [0.4, 0.5) is 0 Å². The Hall–Kier alpha value is -1.10. The van der Waals surface area contributed by atoms with Gasteiger partial charge >= 0.3 is 5.97 Å². The Morgan fingerprint density at radius 3 is 2.36 bits per heavy atom. The summed E-state index contributed by atoms with van der Waals surface area (Å²) in [6, 6.07) is -0.485. The van der Waals surface area contributed by atoms with E-state index in [2.05, 4.69) is 5.32 Å². The first-order valence-electron chi connectivity index (χ1n) is 4.69. The molecule has 0 aromatic heterocycles. The van der Waals surface area contributed by atoms with E-state index in [-0.39, 0.29) is 11.8 Å². The number of hydrogen-bond acceptors (Lipinski definition) is 3. The summed E-state index contributed by atoms with van der Waals surface area (Å²) in [6.45, 7) is 0.466. The third kappa shape index (κ3) is 2.45. The smallest absolute Gasteiger partial charge is 0.320 e. The molecule has 80 valence electrons. The number of amides is 1. The Kier molecular flexibility index (Phi) is 3.46. The van der Waals surface area contributed by atoms with Crippen LogP contribution in [0, 0.1) is 5.92 Å². The van der Waals surface area contributed by atoms with E-state index in [1.165, 1.54) is 0 Å². The quantitative estimate of drug-likeness (QED) is 0.632. The van der Waals surface area contributed by atoms with Crippen molar-refractivity contribution in [2.24, 2.45) is 5.92 Å². The topological polar surface area (TPSA) is 69.6 Å². The first kappa shape index (κ1) is 11.0. The van der Waals surface area contributed by atoms with Crippen LogP contribution < -0.4 is 5.32 Å². The number of carbonyl (C=O) groups is 2. The van der Waals surface area contributed by atoms with Gasteiger partial charge in [-0.05, 0) is 12.8 Å². The Morgan fingerprint density at radius 1 is 1.36 bits per heavy atom. The van der Waals surface area contributed by atoms with Gasteiger partial charge in [0.15, 0.2) is 0 Å². The number of carboxylic acid groups (broad SMARTS) is 1. The van der Waals surface area contributed by atoms with Crippen molar-refractivity contribution >= 4 is 11.9 Å². The number of hydrogen-bond donors (Lipinski definition) is 2. The lowest BCUT2D eigenvalue weighted by Crippen LogP contribution is -2.47. The van der Waals surface area contributed by atoms with Crippen LogP contribution in [0.15, 0.2) is 0 Å². The van der Waals surface area contributed by atoms with Crippen LogP contribution in [0.5, 0.6) is 0 Å². The van der Waals surface area contributed by atoms with Crippen molar-refractivity contribution in [3.05, 3.63) is 0 Å². The fourth-order valence-electron chi connectivity index (χ4n) is 1.64. The van der Waals surface area contributed by atoms with Gasteiger partial charge in [0, 0.05) is 20.6 Å². The summed E-state index contributed by atoms with van der Waals surface area (Å²) in [5, 5.41) is 11.6. The molecule has 1 saturated heterocycles. The van der Waals surface area contributed by atoms with Crippen LogP contribution in [0.3, 0.4) is 0 Å². The minimum atomic E-state index is -0.833. The van der Waals surface area contributed by atoms with Crippen LogP contribution >= 0.6 is 0 Å². The van der Waals surface area contributed by atoms with Gasteiger partial charge in [0.05, 0.1) is 5.92 Å². The van der Waals surface area contributed by atoms with E-state index in [4.69, 9.17) is 5.11 Å². The molecule has 0 spiro atoms. The minimum Gasteiger partial charge on any atom is -0.480 e. The lowest BCUT2D eigenvalue weighted by Gasteiger charge is -2.28. The Morgan fingerprint density at radius 2 is 2.00 bits per heavy atom. The minimum absolute atomic E-state index is 0.0689. The molecule has 0 aromatic rings. The fourth-order valence-corrected chi connectivity index (χ4v) is 1.64. The number of nitrogens with one attached hydrogen (secondary N) is 1. The molecule has 0 aromatic carbocycles. The summed E-state index contributed by atoms with van der Waals surface area (Å²) in [5.74, 6) is -0.831. The molecular formula is C9H16N2O3. The molecule has 1 fully saturated rings.